The number of alkyl halides is 3. The summed E-state index contributed by atoms with van der Waals surface area (Å²) in [5, 5.41) is 2.59. The number of aromatic nitrogens is 1. The molecule has 0 spiro atoms. The van der Waals surface area contributed by atoms with Crippen molar-refractivity contribution >= 4 is 11.7 Å². The fourth-order valence-corrected chi connectivity index (χ4v) is 2.40. The third-order valence-electron chi connectivity index (χ3n) is 3.50. The molecule has 116 valence electrons. The summed E-state index contributed by atoms with van der Waals surface area (Å²) < 4.78 is 38.6. The van der Waals surface area contributed by atoms with E-state index in [4.69, 9.17) is 0 Å². The first kappa shape index (κ1) is 15.6. The van der Waals surface area contributed by atoms with Crippen molar-refractivity contribution in [1.29, 1.82) is 0 Å². The number of hydrogen-bond donors (Lipinski definition) is 1. The van der Waals surface area contributed by atoms with Crippen LogP contribution >= 0.6 is 0 Å². The molecule has 0 aliphatic carbocycles. The van der Waals surface area contributed by atoms with Crippen molar-refractivity contribution in [1.82, 2.24) is 9.88 Å². The van der Waals surface area contributed by atoms with E-state index in [1.54, 1.807) is 11.8 Å². The van der Waals surface area contributed by atoms with Crippen LogP contribution in [0.5, 0.6) is 0 Å². The van der Waals surface area contributed by atoms with Gasteiger partial charge in [0.05, 0.1) is 5.56 Å². The number of nitrogens with one attached hydrogen (secondary N) is 1. The molecule has 1 aliphatic rings. The van der Waals surface area contributed by atoms with E-state index < -0.39 is 17.8 Å². The first-order valence-corrected chi connectivity index (χ1v) is 6.97. The number of pyridine rings is 1. The van der Waals surface area contributed by atoms with Gasteiger partial charge in [0.15, 0.2) is 0 Å². The molecule has 0 aromatic carbocycles. The zero-order valence-corrected chi connectivity index (χ0v) is 11.8. The summed E-state index contributed by atoms with van der Waals surface area (Å²) >= 11 is 0. The number of nitrogens with zero attached hydrogens (tertiary/aromatic N) is 2. The second-order valence-electron chi connectivity index (χ2n) is 5.15. The SMILES string of the molecule is CC(Nc1ncccc1C(F)(F)F)C(=O)N1CCCCC1. The van der Waals surface area contributed by atoms with Crippen molar-refractivity contribution in [3.8, 4) is 0 Å². The monoisotopic (exact) mass is 301 g/mol. The molecule has 2 heterocycles. The van der Waals surface area contributed by atoms with E-state index in [-0.39, 0.29) is 11.7 Å². The molecule has 1 N–H and O–H groups in total. The van der Waals surface area contributed by atoms with Crippen LogP contribution < -0.4 is 5.32 Å². The quantitative estimate of drug-likeness (QED) is 0.933. The van der Waals surface area contributed by atoms with Gasteiger partial charge in [-0.25, -0.2) is 4.98 Å². The lowest BCUT2D eigenvalue weighted by Crippen LogP contribution is -2.44. The van der Waals surface area contributed by atoms with E-state index in [2.05, 4.69) is 10.3 Å². The number of rotatable bonds is 3. The van der Waals surface area contributed by atoms with Gasteiger partial charge in [-0.05, 0) is 38.3 Å². The molecule has 0 saturated carbocycles. The van der Waals surface area contributed by atoms with E-state index in [1.165, 1.54) is 12.3 Å². The summed E-state index contributed by atoms with van der Waals surface area (Å²) in [4.78, 5) is 17.6. The highest BCUT2D eigenvalue weighted by Crippen LogP contribution is 2.33. The summed E-state index contributed by atoms with van der Waals surface area (Å²) in [5.41, 5.74) is -0.858. The third kappa shape index (κ3) is 3.86. The Morgan fingerprint density at radius 3 is 2.62 bits per heavy atom. The molecule has 1 aliphatic heterocycles. The van der Waals surface area contributed by atoms with Gasteiger partial charge in [-0.2, -0.15) is 13.2 Å². The first-order chi connectivity index (χ1) is 9.89. The molecule has 0 radical (unpaired) electrons. The molecule has 2 rings (SSSR count). The van der Waals surface area contributed by atoms with Gasteiger partial charge in [-0.15, -0.1) is 0 Å². The fourth-order valence-electron chi connectivity index (χ4n) is 2.40. The number of hydrogen-bond acceptors (Lipinski definition) is 3. The van der Waals surface area contributed by atoms with E-state index in [0.29, 0.717) is 13.1 Å². The topological polar surface area (TPSA) is 45.2 Å². The van der Waals surface area contributed by atoms with Crippen molar-refractivity contribution < 1.29 is 18.0 Å². The van der Waals surface area contributed by atoms with Crippen molar-refractivity contribution in [3.63, 3.8) is 0 Å². The van der Waals surface area contributed by atoms with Gasteiger partial charge in [0.25, 0.3) is 0 Å². The lowest BCUT2D eigenvalue weighted by atomic mass is 10.1. The van der Waals surface area contributed by atoms with E-state index in [9.17, 15) is 18.0 Å². The molecular weight excluding hydrogens is 283 g/mol. The zero-order valence-electron chi connectivity index (χ0n) is 11.8. The summed E-state index contributed by atoms with van der Waals surface area (Å²) in [6.07, 6.45) is -0.254. The van der Waals surface area contributed by atoms with Gasteiger partial charge in [0, 0.05) is 19.3 Å². The maximum atomic E-state index is 12.9. The molecule has 1 amide bonds. The van der Waals surface area contributed by atoms with Gasteiger partial charge in [0.2, 0.25) is 5.91 Å². The maximum Gasteiger partial charge on any atom is 0.419 e. The predicted octanol–water partition coefficient (Wildman–Crippen LogP) is 2.91. The second kappa shape index (κ2) is 6.32. The molecule has 21 heavy (non-hydrogen) atoms. The number of amides is 1. The molecule has 0 bridgehead atoms. The van der Waals surface area contributed by atoms with Crippen molar-refractivity contribution in [3.05, 3.63) is 23.9 Å². The van der Waals surface area contributed by atoms with Crippen molar-refractivity contribution in [2.75, 3.05) is 18.4 Å². The smallest absolute Gasteiger partial charge is 0.358 e. The van der Waals surface area contributed by atoms with Crippen LogP contribution in [0.2, 0.25) is 0 Å². The molecule has 1 saturated heterocycles. The molecular formula is C14H18F3N3O. The summed E-state index contributed by atoms with van der Waals surface area (Å²) in [6.45, 7) is 2.89. The Bertz CT molecular complexity index is 498. The minimum Gasteiger partial charge on any atom is -0.358 e. The Labute approximate surface area is 121 Å². The Morgan fingerprint density at radius 1 is 1.33 bits per heavy atom. The van der Waals surface area contributed by atoms with Gasteiger partial charge in [0.1, 0.15) is 11.9 Å². The molecule has 7 heteroatoms. The third-order valence-corrected chi connectivity index (χ3v) is 3.50. The maximum absolute atomic E-state index is 12.9. The summed E-state index contributed by atoms with van der Waals surface area (Å²) in [5.74, 6) is -0.490. The number of piperidine rings is 1. The van der Waals surface area contributed by atoms with Crippen molar-refractivity contribution in [2.45, 2.75) is 38.4 Å². The van der Waals surface area contributed by atoms with Crippen LogP contribution in [0.4, 0.5) is 19.0 Å². The molecule has 4 nitrogen and oxygen atoms in total. The second-order valence-corrected chi connectivity index (χ2v) is 5.15. The highest BCUT2D eigenvalue weighted by atomic mass is 19.4. The molecule has 1 fully saturated rings. The number of likely N-dealkylation sites (tertiary alicyclic amines) is 1. The molecule has 1 aromatic heterocycles. The predicted molar refractivity (Wildman–Crippen MR) is 72.8 cm³/mol. The van der Waals surface area contributed by atoms with Crippen LogP contribution in [0.25, 0.3) is 0 Å². The largest absolute Gasteiger partial charge is 0.419 e. The van der Waals surface area contributed by atoms with Crippen molar-refractivity contribution in [2.24, 2.45) is 0 Å². The highest BCUT2D eigenvalue weighted by molar-refractivity contribution is 5.84. The Morgan fingerprint density at radius 2 is 2.00 bits per heavy atom. The van der Waals surface area contributed by atoms with Gasteiger partial charge in [-0.3, -0.25) is 4.79 Å². The molecule has 1 aromatic rings. The minimum absolute atomic E-state index is 0.187. The van der Waals surface area contributed by atoms with Crippen LogP contribution in [-0.4, -0.2) is 34.9 Å². The number of anilines is 1. The van der Waals surface area contributed by atoms with Crippen LogP contribution in [0.15, 0.2) is 18.3 Å². The van der Waals surface area contributed by atoms with Crippen LogP contribution in [-0.2, 0) is 11.0 Å². The summed E-state index contributed by atoms with van der Waals surface area (Å²) in [6, 6.07) is 1.44. The lowest BCUT2D eigenvalue weighted by molar-refractivity contribution is -0.137. The minimum atomic E-state index is -4.50. The standard InChI is InChI=1S/C14H18F3N3O/c1-10(13(21)20-8-3-2-4-9-20)19-12-11(14(15,16)17)6-5-7-18-12/h5-7,10H,2-4,8-9H2,1H3,(H,18,19). The Kier molecular flexibility index (Phi) is 4.69. The van der Waals surface area contributed by atoms with E-state index in [1.807, 2.05) is 0 Å². The summed E-state index contributed by atoms with van der Waals surface area (Å²) in [7, 11) is 0. The number of carbonyl (C=O) groups is 1. The first-order valence-electron chi connectivity index (χ1n) is 6.97. The van der Waals surface area contributed by atoms with Gasteiger partial charge >= 0.3 is 6.18 Å². The molecule has 1 unspecified atom stereocenters. The van der Waals surface area contributed by atoms with Gasteiger partial charge < -0.3 is 10.2 Å². The average Bonchev–Trinajstić information content (AvgIpc) is 2.47. The average molecular weight is 301 g/mol. The van der Waals surface area contributed by atoms with E-state index >= 15 is 0 Å². The zero-order chi connectivity index (χ0) is 15.5. The van der Waals surface area contributed by atoms with E-state index in [0.717, 1.165) is 25.3 Å². The highest BCUT2D eigenvalue weighted by Gasteiger charge is 2.35. The number of carbonyl (C=O) groups excluding carboxylic acids is 1. The van der Waals surface area contributed by atoms with Gasteiger partial charge in [-0.1, -0.05) is 0 Å². The Hall–Kier alpha value is -1.79. The van der Waals surface area contributed by atoms with Crippen LogP contribution in [0.1, 0.15) is 31.7 Å². The lowest BCUT2D eigenvalue weighted by Gasteiger charge is -2.29. The van der Waals surface area contributed by atoms with Crippen LogP contribution in [0.3, 0.4) is 0 Å². The fraction of sp³-hybridized carbons (Fsp3) is 0.571. The van der Waals surface area contributed by atoms with Crippen LogP contribution in [0, 0.1) is 0 Å². The molecule has 1 atom stereocenters. The number of halogens is 3. The Balaban J connectivity index is 2.09. The normalized spacial score (nSPS) is 17.4.